The van der Waals surface area contributed by atoms with Crippen molar-refractivity contribution in [2.24, 2.45) is 0 Å². The molecule has 1 aromatic heterocycles. The van der Waals surface area contributed by atoms with Gasteiger partial charge in [-0.1, -0.05) is 0 Å². The summed E-state index contributed by atoms with van der Waals surface area (Å²) in [6, 6.07) is 7.51. The number of nitrogens with zero attached hydrogens (tertiary/aromatic N) is 2. The number of aryl methyl sites for hydroxylation is 1. The van der Waals surface area contributed by atoms with Crippen LogP contribution in [0.3, 0.4) is 0 Å². The first-order valence-corrected chi connectivity index (χ1v) is 6.46. The van der Waals surface area contributed by atoms with Crippen LogP contribution in [-0.2, 0) is 4.74 Å². The van der Waals surface area contributed by atoms with E-state index in [0.717, 1.165) is 17.1 Å². The van der Waals surface area contributed by atoms with Gasteiger partial charge in [0.25, 0.3) is 0 Å². The van der Waals surface area contributed by atoms with E-state index < -0.39 is 0 Å². The molecule has 5 nitrogen and oxygen atoms in total. The molecule has 0 atom stereocenters. The summed E-state index contributed by atoms with van der Waals surface area (Å²) < 4.78 is 11.9. The quantitative estimate of drug-likeness (QED) is 0.804. The van der Waals surface area contributed by atoms with E-state index in [9.17, 15) is 4.79 Å². The van der Waals surface area contributed by atoms with Crippen molar-refractivity contribution in [3.05, 3.63) is 41.2 Å². The Morgan fingerprint density at radius 3 is 2.45 bits per heavy atom. The molecule has 5 heteroatoms. The topological polar surface area (TPSA) is 53.3 Å². The van der Waals surface area contributed by atoms with Gasteiger partial charge in [-0.2, -0.15) is 5.10 Å². The number of ether oxygens (including phenoxy) is 2. The molecule has 0 amide bonds. The SMILES string of the molecule is CCOC(=O)c1c(C)nn(-c2ccc(OC)cc2)c1C. The molecule has 0 bridgehead atoms. The lowest BCUT2D eigenvalue weighted by atomic mass is 10.2. The summed E-state index contributed by atoms with van der Waals surface area (Å²) >= 11 is 0. The molecule has 0 unspecified atom stereocenters. The Hall–Kier alpha value is -2.30. The van der Waals surface area contributed by atoms with E-state index in [0.29, 0.717) is 17.9 Å². The predicted molar refractivity (Wildman–Crippen MR) is 75.5 cm³/mol. The number of aromatic nitrogens is 2. The number of hydrogen-bond donors (Lipinski definition) is 0. The Bertz CT molecular complexity index is 615. The molecule has 0 saturated carbocycles. The summed E-state index contributed by atoms with van der Waals surface area (Å²) in [5, 5.41) is 4.41. The van der Waals surface area contributed by atoms with Gasteiger partial charge in [-0.3, -0.25) is 0 Å². The Morgan fingerprint density at radius 2 is 1.90 bits per heavy atom. The Morgan fingerprint density at radius 1 is 1.25 bits per heavy atom. The maximum Gasteiger partial charge on any atom is 0.341 e. The lowest BCUT2D eigenvalue weighted by Gasteiger charge is -2.06. The summed E-state index contributed by atoms with van der Waals surface area (Å²) in [5.74, 6) is 0.447. The van der Waals surface area contributed by atoms with Crippen LogP contribution in [0.25, 0.3) is 5.69 Å². The second-order valence-electron chi connectivity index (χ2n) is 4.38. The standard InChI is InChI=1S/C15H18N2O3/c1-5-20-15(18)14-10(2)16-17(11(14)3)12-6-8-13(19-4)9-7-12/h6-9H,5H2,1-4H3. The molecule has 0 radical (unpaired) electrons. The highest BCUT2D eigenvalue weighted by molar-refractivity contribution is 5.92. The smallest absolute Gasteiger partial charge is 0.341 e. The summed E-state index contributed by atoms with van der Waals surface area (Å²) in [7, 11) is 1.62. The fraction of sp³-hybridized carbons (Fsp3) is 0.333. The van der Waals surface area contributed by atoms with Crippen molar-refractivity contribution in [1.82, 2.24) is 9.78 Å². The summed E-state index contributed by atoms with van der Waals surface area (Å²) in [6.07, 6.45) is 0. The van der Waals surface area contributed by atoms with Crippen LogP contribution in [0.4, 0.5) is 0 Å². The van der Waals surface area contributed by atoms with Crippen molar-refractivity contribution in [3.8, 4) is 11.4 Å². The fourth-order valence-electron chi connectivity index (χ4n) is 2.12. The molecule has 20 heavy (non-hydrogen) atoms. The van der Waals surface area contributed by atoms with E-state index in [1.54, 1.807) is 25.6 Å². The van der Waals surface area contributed by atoms with Crippen LogP contribution in [0, 0.1) is 13.8 Å². The van der Waals surface area contributed by atoms with E-state index in [4.69, 9.17) is 9.47 Å². The Balaban J connectivity index is 2.42. The number of benzene rings is 1. The summed E-state index contributed by atoms with van der Waals surface area (Å²) in [4.78, 5) is 11.9. The first-order valence-electron chi connectivity index (χ1n) is 6.46. The zero-order valence-corrected chi connectivity index (χ0v) is 12.1. The van der Waals surface area contributed by atoms with Crippen molar-refractivity contribution >= 4 is 5.97 Å². The van der Waals surface area contributed by atoms with Crippen molar-refractivity contribution in [1.29, 1.82) is 0 Å². The van der Waals surface area contributed by atoms with Gasteiger partial charge in [0.05, 0.1) is 30.8 Å². The number of carbonyl (C=O) groups is 1. The molecule has 0 saturated heterocycles. The van der Waals surface area contributed by atoms with Gasteiger partial charge in [-0.15, -0.1) is 0 Å². The summed E-state index contributed by atoms with van der Waals surface area (Å²) in [5.41, 5.74) is 2.84. The van der Waals surface area contributed by atoms with Gasteiger partial charge in [0.15, 0.2) is 0 Å². The van der Waals surface area contributed by atoms with Crippen molar-refractivity contribution in [2.45, 2.75) is 20.8 Å². The number of carbonyl (C=O) groups excluding carboxylic acids is 1. The Labute approximate surface area is 118 Å². The normalized spacial score (nSPS) is 10.4. The number of hydrogen-bond acceptors (Lipinski definition) is 4. The van der Waals surface area contributed by atoms with Crippen LogP contribution in [-0.4, -0.2) is 29.5 Å². The second-order valence-corrected chi connectivity index (χ2v) is 4.38. The van der Waals surface area contributed by atoms with Crippen LogP contribution >= 0.6 is 0 Å². The average Bonchev–Trinajstić information content (AvgIpc) is 2.74. The van der Waals surface area contributed by atoms with Gasteiger partial charge in [0.1, 0.15) is 11.3 Å². The molecular weight excluding hydrogens is 256 g/mol. The molecule has 2 rings (SSSR count). The largest absolute Gasteiger partial charge is 0.497 e. The van der Waals surface area contributed by atoms with Crippen molar-refractivity contribution in [3.63, 3.8) is 0 Å². The van der Waals surface area contributed by atoms with Crippen LogP contribution in [0.2, 0.25) is 0 Å². The minimum absolute atomic E-state index is 0.331. The van der Waals surface area contributed by atoms with E-state index in [1.165, 1.54) is 0 Å². The third-order valence-electron chi connectivity index (χ3n) is 3.09. The Kier molecular flexibility index (Phi) is 4.08. The minimum atomic E-state index is -0.331. The lowest BCUT2D eigenvalue weighted by Crippen LogP contribution is -2.07. The molecule has 1 aromatic carbocycles. The predicted octanol–water partition coefficient (Wildman–Crippen LogP) is 2.67. The van der Waals surface area contributed by atoms with E-state index in [2.05, 4.69) is 5.10 Å². The van der Waals surface area contributed by atoms with Crippen LogP contribution < -0.4 is 4.74 Å². The van der Waals surface area contributed by atoms with Crippen LogP contribution in [0.5, 0.6) is 5.75 Å². The van der Waals surface area contributed by atoms with Gasteiger partial charge < -0.3 is 9.47 Å². The molecular formula is C15H18N2O3. The highest BCUT2D eigenvalue weighted by Crippen LogP contribution is 2.20. The highest BCUT2D eigenvalue weighted by Gasteiger charge is 2.20. The van der Waals surface area contributed by atoms with Gasteiger partial charge in [-0.25, -0.2) is 9.48 Å². The van der Waals surface area contributed by atoms with Crippen LogP contribution in [0.1, 0.15) is 28.7 Å². The number of methoxy groups -OCH3 is 1. The van der Waals surface area contributed by atoms with Gasteiger partial charge in [0, 0.05) is 0 Å². The van der Waals surface area contributed by atoms with Gasteiger partial charge in [0.2, 0.25) is 0 Å². The molecule has 0 aliphatic heterocycles. The molecule has 106 valence electrons. The zero-order valence-electron chi connectivity index (χ0n) is 12.1. The molecule has 1 heterocycles. The monoisotopic (exact) mass is 274 g/mol. The van der Waals surface area contributed by atoms with E-state index in [-0.39, 0.29) is 5.97 Å². The molecule has 2 aromatic rings. The summed E-state index contributed by atoms with van der Waals surface area (Å²) in [6.45, 7) is 5.80. The van der Waals surface area contributed by atoms with E-state index >= 15 is 0 Å². The van der Waals surface area contributed by atoms with Crippen LogP contribution in [0.15, 0.2) is 24.3 Å². The first kappa shape index (κ1) is 14.1. The third kappa shape index (κ3) is 2.52. The molecule has 0 aliphatic carbocycles. The molecule has 0 aliphatic rings. The minimum Gasteiger partial charge on any atom is -0.497 e. The highest BCUT2D eigenvalue weighted by atomic mass is 16.5. The molecule has 0 N–H and O–H groups in total. The zero-order chi connectivity index (χ0) is 14.7. The van der Waals surface area contributed by atoms with Crippen molar-refractivity contribution in [2.75, 3.05) is 13.7 Å². The van der Waals surface area contributed by atoms with Gasteiger partial charge >= 0.3 is 5.97 Å². The molecule has 0 spiro atoms. The fourth-order valence-corrected chi connectivity index (χ4v) is 2.12. The third-order valence-corrected chi connectivity index (χ3v) is 3.09. The maximum absolute atomic E-state index is 11.9. The first-order chi connectivity index (χ1) is 9.58. The molecule has 0 fully saturated rings. The van der Waals surface area contributed by atoms with Crippen molar-refractivity contribution < 1.29 is 14.3 Å². The lowest BCUT2D eigenvalue weighted by molar-refractivity contribution is 0.0524. The second kappa shape index (κ2) is 5.77. The average molecular weight is 274 g/mol. The van der Waals surface area contributed by atoms with E-state index in [1.807, 2.05) is 31.2 Å². The number of rotatable bonds is 4. The number of esters is 1. The van der Waals surface area contributed by atoms with Gasteiger partial charge in [-0.05, 0) is 45.0 Å². The maximum atomic E-state index is 11.9.